The molecule has 0 aliphatic carbocycles. The van der Waals surface area contributed by atoms with Gasteiger partial charge >= 0.3 is 0 Å². The third-order valence-corrected chi connectivity index (χ3v) is 10.6. The highest BCUT2D eigenvalue weighted by molar-refractivity contribution is 7.25. The summed E-state index contributed by atoms with van der Waals surface area (Å²) in [7, 11) is 0. The summed E-state index contributed by atoms with van der Waals surface area (Å²) >= 11 is 3.64. The van der Waals surface area contributed by atoms with Gasteiger partial charge in [-0.2, -0.15) is 0 Å². The molecule has 0 N–H and O–H groups in total. The second-order valence-electron chi connectivity index (χ2n) is 10.8. The van der Waals surface area contributed by atoms with Crippen LogP contribution in [0.15, 0.2) is 146 Å². The zero-order chi connectivity index (χ0) is 28.3. The molecule has 0 spiro atoms. The van der Waals surface area contributed by atoms with Crippen LogP contribution in [0.2, 0.25) is 0 Å². The van der Waals surface area contributed by atoms with Crippen molar-refractivity contribution in [1.82, 2.24) is 4.98 Å². The smallest absolute Gasteiger partial charge is 0.126 e. The van der Waals surface area contributed by atoms with Gasteiger partial charge in [-0.25, -0.2) is 4.98 Å². The van der Waals surface area contributed by atoms with Gasteiger partial charge in [0.25, 0.3) is 0 Å². The predicted molar refractivity (Wildman–Crippen MR) is 188 cm³/mol. The Kier molecular flexibility index (Phi) is 5.58. The molecule has 0 aliphatic rings. The lowest BCUT2D eigenvalue weighted by Gasteiger charge is -2.27. The van der Waals surface area contributed by atoms with Gasteiger partial charge in [0.15, 0.2) is 0 Å². The summed E-state index contributed by atoms with van der Waals surface area (Å²) in [5.74, 6) is 0. The first kappa shape index (κ1) is 24.6. The van der Waals surface area contributed by atoms with Crippen molar-refractivity contribution in [2.24, 2.45) is 0 Å². The first-order chi connectivity index (χ1) is 21.3. The molecule has 0 atom stereocenters. The molecule has 0 unspecified atom stereocenters. The van der Waals surface area contributed by atoms with Crippen LogP contribution in [-0.4, -0.2) is 4.98 Å². The van der Waals surface area contributed by atoms with E-state index in [4.69, 9.17) is 4.98 Å². The maximum atomic E-state index is 5.37. The molecule has 4 heteroatoms. The summed E-state index contributed by atoms with van der Waals surface area (Å²) in [6, 6.07) is 52.3. The van der Waals surface area contributed by atoms with Crippen LogP contribution in [0.25, 0.3) is 62.5 Å². The lowest BCUT2D eigenvalue weighted by Crippen LogP contribution is -2.11. The fourth-order valence-electron chi connectivity index (χ4n) is 6.35. The van der Waals surface area contributed by atoms with Crippen LogP contribution in [0.3, 0.4) is 0 Å². The van der Waals surface area contributed by atoms with Crippen LogP contribution in [-0.2, 0) is 0 Å². The van der Waals surface area contributed by atoms with Crippen LogP contribution in [0.1, 0.15) is 0 Å². The van der Waals surface area contributed by atoms with Crippen LogP contribution in [0, 0.1) is 0 Å². The molecule has 0 radical (unpaired) electrons. The first-order valence-electron chi connectivity index (χ1n) is 14.4. The number of hydrogen-bond donors (Lipinski definition) is 0. The minimum Gasteiger partial charge on any atom is -0.310 e. The fraction of sp³-hybridized carbons (Fsp3) is 0. The molecule has 9 aromatic rings. The number of fused-ring (bicyclic) bond motifs is 9. The predicted octanol–water partition coefficient (Wildman–Crippen LogP) is 12.1. The van der Waals surface area contributed by atoms with E-state index in [9.17, 15) is 0 Å². The Labute approximate surface area is 256 Å². The standard InChI is InChI=1S/C39H24N2S2/c1-2-12-25(13-3-1)41(26-22-23-36-33(24-26)29-16-9-11-21-35(29)42-36)34-20-10-8-19-32(34)39-40-37-30-17-6-4-14-27(30)28-15-5-7-18-31(28)38(37)43-39/h1-24H. The monoisotopic (exact) mass is 584 g/mol. The Bertz CT molecular complexity index is 2400. The van der Waals surface area contributed by atoms with Crippen molar-refractivity contribution in [3.8, 4) is 10.6 Å². The van der Waals surface area contributed by atoms with E-state index in [1.165, 1.54) is 46.4 Å². The molecule has 0 aliphatic heterocycles. The topological polar surface area (TPSA) is 16.1 Å². The number of hydrogen-bond acceptors (Lipinski definition) is 4. The van der Waals surface area contributed by atoms with Crippen molar-refractivity contribution < 1.29 is 0 Å². The quantitative estimate of drug-likeness (QED) is 0.191. The minimum atomic E-state index is 1.02. The number of thiophene rings is 1. The molecule has 0 amide bonds. The number of thiazole rings is 1. The minimum absolute atomic E-state index is 1.02. The van der Waals surface area contributed by atoms with Gasteiger partial charge < -0.3 is 4.90 Å². The second-order valence-corrected chi connectivity index (χ2v) is 12.8. The van der Waals surface area contributed by atoms with Gasteiger partial charge in [-0.15, -0.1) is 22.7 Å². The van der Waals surface area contributed by atoms with Gasteiger partial charge in [0.05, 0.1) is 15.9 Å². The van der Waals surface area contributed by atoms with Gasteiger partial charge in [-0.05, 0) is 59.3 Å². The largest absolute Gasteiger partial charge is 0.310 e. The molecule has 0 fully saturated rings. The third-order valence-electron chi connectivity index (χ3n) is 8.28. The van der Waals surface area contributed by atoms with Crippen LogP contribution >= 0.6 is 22.7 Å². The summed E-state index contributed by atoms with van der Waals surface area (Å²) in [5, 5.41) is 8.59. The Morgan fingerprint density at radius 3 is 1.91 bits per heavy atom. The Balaban J connectivity index is 1.30. The van der Waals surface area contributed by atoms with Gasteiger partial charge in [0.2, 0.25) is 0 Å². The van der Waals surface area contributed by atoms with Gasteiger partial charge in [-0.3, -0.25) is 0 Å². The third kappa shape index (κ3) is 3.88. The second kappa shape index (κ2) is 9.77. The number of rotatable bonds is 4. The SMILES string of the molecule is c1ccc(N(c2ccc3sc4ccccc4c3c2)c2ccccc2-c2nc3c4ccccc4c4ccccc4c3s2)cc1. The maximum Gasteiger partial charge on any atom is 0.126 e. The molecule has 2 aromatic heterocycles. The molecule has 2 nitrogen and oxygen atoms in total. The van der Waals surface area contributed by atoms with Crippen LogP contribution in [0.5, 0.6) is 0 Å². The molecule has 202 valence electrons. The van der Waals surface area contributed by atoms with Crippen molar-refractivity contribution in [2.45, 2.75) is 0 Å². The van der Waals surface area contributed by atoms with Crippen LogP contribution < -0.4 is 4.90 Å². The van der Waals surface area contributed by atoms with Crippen molar-refractivity contribution in [2.75, 3.05) is 4.90 Å². The number of aromatic nitrogens is 1. The number of para-hydroxylation sites is 2. The summed E-state index contributed by atoms with van der Waals surface area (Å²) in [5.41, 5.74) is 5.55. The summed E-state index contributed by atoms with van der Waals surface area (Å²) in [4.78, 5) is 7.75. The van der Waals surface area contributed by atoms with Crippen molar-refractivity contribution in [1.29, 1.82) is 0 Å². The highest BCUT2D eigenvalue weighted by atomic mass is 32.1. The summed E-state index contributed by atoms with van der Waals surface area (Å²) < 4.78 is 3.85. The van der Waals surface area contributed by atoms with Crippen LogP contribution in [0.4, 0.5) is 17.1 Å². The van der Waals surface area contributed by atoms with E-state index >= 15 is 0 Å². The first-order valence-corrected chi connectivity index (χ1v) is 16.0. The molecule has 0 saturated carbocycles. The zero-order valence-electron chi connectivity index (χ0n) is 23.1. The molecule has 9 rings (SSSR count). The Hall–Kier alpha value is -5.03. The van der Waals surface area contributed by atoms with E-state index in [1.54, 1.807) is 11.3 Å². The molecule has 43 heavy (non-hydrogen) atoms. The Morgan fingerprint density at radius 1 is 0.442 bits per heavy atom. The van der Waals surface area contributed by atoms with E-state index < -0.39 is 0 Å². The van der Waals surface area contributed by atoms with Gasteiger partial charge in [0, 0.05) is 47.9 Å². The lowest BCUT2D eigenvalue weighted by molar-refractivity contribution is 1.29. The normalized spacial score (nSPS) is 11.7. The zero-order valence-corrected chi connectivity index (χ0v) is 24.7. The highest BCUT2D eigenvalue weighted by Gasteiger charge is 2.21. The van der Waals surface area contributed by atoms with E-state index in [1.807, 2.05) is 11.3 Å². The van der Waals surface area contributed by atoms with E-state index in [2.05, 4.69) is 150 Å². The molecular formula is C39H24N2S2. The number of nitrogens with zero attached hydrogens (tertiary/aromatic N) is 2. The number of benzene rings is 7. The molecule has 0 saturated heterocycles. The number of anilines is 3. The maximum absolute atomic E-state index is 5.37. The van der Waals surface area contributed by atoms with Crippen molar-refractivity contribution >= 4 is 91.7 Å². The van der Waals surface area contributed by atoms with E-state index in [-0.39, 0.29) is 0 Å². The molecule has 7 aromatic carbocycles. The average molecular weight is 585 g/mol. The van der Waals surface area contributed by atoms with E-state index in [0.29, 0.717) is 0 Å². The summed E-state index contributed by atoms with van der Waals surface area (Å²) in [6.45, 7) is 0. The van der Waals surface area contributed by atoms with Crippen molar-refractivity contribution in [3.63, 3.8) is 0 Å². The highest BCUT2D eigenvalue weighted by Crippen LogP contribution is 2.46. The van der Waals surface area contributed by atoms with Gasteiger partial charge in [-0.1, -0.05) is 97.1 Å². The van der Waals surface area contributed by atoms with Crippen molar-refractivity contribution in [3.05, 3.63) is 146 Å². The summed E-state index contributed by atoms with van der Waals surface area (Å²) in [6.07, 6.45) is 0. The Morgan fingerprint density at radius 2 is 1.07 bits per heavy atom. The average Bonchev–Trinajstić information content (AvgIpc) is 3.68. The van der Waals surface area contributed by atoms with E-state index in [0.717, 1.165) is 33.1 Å². The molecule has 2 heterocycles. The molecule has 0 bridgehead atoms. The lowest BCUT2D eigenvalue weighted by atomic mass is 10.0. The fourth-order valence-corrected chi connectivity index (χ4v) is 8.59. The van der Waals surface area contributed by atoms with Gasteiger partial charge in [0.1, 0.15) is 5.01 Å². The molecular weight excluding hydrogens is 561 g/mol.